The van der Waals surface area contributed by atoms with Crippen LogP contribution in [-0.4, -0.2) is 111 Å². The lowest BCUT2D eigenvalue weighted by molar-refractivity contribution is -0.323. The first kappa shape index (κ1) is 40.1. The van der Waals surface area contributed by atoms with Gasteiger partial charge in [-0.3, -0.25) is 4.79 Å². The van der Waals surface area contributed by atoms with Gasteiger partial charge in [-0.1, -0.05) is 40.5 Å². The normalized spacial score (nSPS) is 35.4. The number of aryl methyl sites for hydroxylation is 1. The molecule has 2 aliphatic carbocycles. The average molecular weight is 791 g/mol. The van der Waals surface area contributed by atoms with Gasteiger partial charge in [-0.05, 0) is 111 Å². The molecule has 54 heavy (non-hydrogen) atoms. The van der Waals surface area contributed by atoms with E-state index in [1.165, 1.54) is 55.5 Å². The van der Waals surface area contributed by atoms with Crippen LogP contribution in [0.15, 0.2) is 18.2 Å². The number of fused-ring (bicyclic) bond motifs is 1. The molecule has 0 aromatic heterocycles. The molecule has 2 aromatic rings. The van der Waals surface area contributed by atoms with E-state index in [-0.39, 0.29) is 51.6 Å². The van der Waals surface area contributed by atoms with Crippen molar-refractivity contribution < 1.29 is 59.2 Å². The summed E-state index contributed by atoms with van der Waals surface area (Å²) in [6.07, 6.45) is 3.49. The molecule has 5 fully saturated rings. The summed E-state index contributed by atoms with van der Waals surface area (Å²) in [6.45, 7) is 3.86. The van der Waals surface area contributed by atoms with Crippen LogP contribution in [0.2, 0.25) is 0 Å². The lowest BCUT2D eigenvalue weighted by Crippen LogP contribution is -2.69. The third-order valence-electron chi connectivity index (χ3n) is 13.4. The van der Waals surface area contributed by atoms with Crippen LogP contribution in [0.25, 0.3) is 10.8 Å². The Balaban J connectivity index is 1.22. The van der Waals surface area contributed by atoms with Gasteiger partial charge in [-0.15, -0.1) is 0 Å². The number of phenols is 1. The molecule has 6 N–H and O–H groups in total. The summed E-state index contributed by atoms with van der Waals surface area (Å²) in [5.74, 6) is -0.275. The minimum absolute atomic E-state index is 0.0446. The molecule has 3 saturated heterocycles. The first-order valence-electron chi connectivity index (χ1n) is 19.3. The van der Waals surface area contributed by atoms with Crippen molar-refractivity contribution in [2.75, 3.05) is 38.1 Å². The molecular formula is C40H54O12S2. The maximum Gasteiger partial charge on any atom is 0.335 e. The Bertz CT molecular complexity index is 1710. The monoisotopic (exact) mass is 790 g/mol. The lowest BCUT2D eigenvalue weighted by Gasteiger charge is -2.58. The molecule has 14 heteroatoms. The van der Waals surface area contributed by atoms with E-state index in [0.717, 1.165) is 25.0 Å². The van der Waals surface area contributed by atoms with Gasteiger partial charge >= 0.3 is 5.97 Å². The zero-order valence-electron chi connectivity index (χ0n) is 31.0. The highest BCUT2D eigenvalue weighted by molar-refractivity contribution is 8.76. The number of carbonyl (C=O) groups is 2. The standard InChI is InChI=1S/C40H54O12S2/c1-22-12-25-13-26(36(47)48)14-28(31(25)33(44)30(22)23(2)43)51-37-34(45)35(46)40(29(17-42)52-37)10-6-24-15-38(7-3-4-8-38)16-27-18-49-19-39(32(24)27,9-5-11-41)20-53-54-21-50-40/h12-14,24,27,29,32,34-35,37,41-42,44-46H,3-11,15-21H2,1-2H3,(H,47,48)/t24-,27+,29+,32+,34+,35+,37-,39+,40-/m0/s1. The van der Waals surface area contributed by atoms with Crippen LogP contribution >= 0.6 is 21.6 Å². The number of aliphatic hydroxyl groups excluding tert-OH is 4. The first-order valence-corrected chi connectivity index (χ1v) is 21.8. The van der Waals surface area contributed by atoms with Gasteiger partial charge in [0.1, 0.15) is 41.4 Å². The summed E-state index contributed by atoms with van der Waals surface area (Å²) in [5.41, 5.74) is -1.07. The van der Waals surface area contributed by atoms with Crippen LogP contribution in [0.5, 0.6) is 11.5 Å². The molecular weight excluding hydrogens is 737 g/mol. The second kappa shape index (κ2) is 16.0. The van der Waals surface area contributed by atoms with Crippen LogP contribution < -0.4 is 4.74 Å². The number of Topliss-reactive ketones (excluding diaryl/α,β-unsaturated/α-hetero) is 1. The predicted octanol–water partition coefficient (Wildman–Crippen LogP) is 5.45. The van der Waals surface area contributed by atoms with Crippen molar-refractivity contribution in [3.8, 4) is 11.5 Å². The number of carbonyl (C=O) groups excluding carboxylic acids is 1. The maximum absolute atomic E-state index is 12.5. The largest absolute Gasteiger partial charge is 0.506 e. The molecule has 3 heterocycles. The molecule has 12 nitrogen and oxygen atoms in total. The van der Waals surface area contributed by atoms with Gasteiger partial charge in [0.15, 0.2) is 5.78 Å². The van der Waals surface area contributed by atoms with Crippen molar-refractivity contribution in [3.63, 3.8) is 0 Å². The van der Waals surface area contributed by atoms with Crippen LogP contribution in [0, 0.1) is 35.5 Å². The van der Waals surface area contributed by atoms with E-state index in [0.29, 0.717) is 55.3 Å². The fourth-order valence-corrected chi connectivity index (χ4v) is 13.6. The molecule has 298 valence electrons. The van der Waals surface area contributed by atoms with Crippen molar-refractivity contribution in [2.45, 2.75) is 108 Å². The minimum atomic E-state index is -1.70. The molecule has 0 unspecified atom stereocenters. The summed E-state index contributed by atoms with van der Waals surface area (Å²) in [7, 11) is 3.19. The fraction of sp³-hybridized carbons (Fsp3) is 0.700. The van der Waals surface area contributed by atoms with E-state index in [9.17, 15) is 40.2 Å². The van der Waals surface area contributed by atoms with Crippen LogP contribution in [0.4, 0.5) is 0 Å². The summed E-state index contributed by atoms with van der Waals surface area (Å²) in [5, 5.41) is 66.3. The summed E-state index contributed by atoms with van der Waals surface area (Å²) >= 11 is 0. The van der Waals surface area contributed by atoms with Gasteiger partial charge in [0.05, 0.1) is 29.7 Å². The topological polar surface area (TPSA) is 192 Å². The van der Waals surface area contributed by atoms with Gasteiger partial charge in [-0.2, -0.15) is 0 Å². The first-order chi connectivity index (χ1) is 25.9. The number of carboxylic acids is 1. The Hall–Kier alpha value is -2.14. The van der Waals surface area contributed by atoms with Gasteiger partial charge < -0.3 is 49.6 Å². The van der Waals surface area contributed by atoms with E-state index < -0.39 is 54.3 Å². The van der Waals surface area contributed by atoms with E-state index in [2.05, 4.69) is 0 Å². The Morgan fingerprint density at radius 2 is 1.80 bits per heavy atom. The summed E-state index contributed by atoms with van der Waals surface area (Å²) in [6, 6.07) is 4.11. The second-order valence-corrected chi connectivity index (χ2v) is 19.0. The smallest absolute Gasteiger partial charge is 0.335 e. The van der Waals surface area contributed by atoms with Crippen LogP contribution in [-0.2, 0) is 14.2 Å². The van der Waals surface area contributed by atoms with Crippen molar-refractivity contribution >= 4 is 44.1 Å². The predicted molar refractivity (Wildman–Crippen MR) is 204 cm³/mol. The number of ether oxygens (including phenoxy) is 4. The highest BCUT2D eigenvalue weighted by Crippen LogP contribution is 2.62. The van der Waals surface area contributed by atoms with Crippen LogP contribution in [0.1, 0.15) is 97.4 Å². The fourth-order valence-electron chi connectivity index (χ4n) is 11.2. The van der Waals surface area contributed by atoms with Gasteiger partial charge in [0, 0.05) is 24.4 Å². The molecule has 0 amide bonds. The minimum Gasteiger partial charge on any atom is -0.506 e. The van der Waals surface area contributed by atoms with E-state index in [1.54, 1.807) is 23.8 Å². The van der Waals surface area contributed by atoms with E-state index in [4.69, 9.17) is 18.9 Å². The zero-order chi connectivity index (χ0) is 38.4. The SMILES string of the molecule is CC(=O)c1c(C)cc2cc(C(=O)O)cc(O[C@H]3O[C@H](CO)[C@@]4(CC[C@H]5CC6(CCCC6)C[C@@H]6COC[C@](CCCO)(CSSCO4)[C@H]56)[C@H](O)[C@H]3O)c2c1O. The number of aliphatic hydroxyl groups is 4. The number of aromatic hydroxyl groups is 1. The Labute approximate surface area is 323 Å². The molecule has 0 bridgehead atoms. The van der Waals surface area contributed by atoms with Crippen molar-refractivity contribution in [1.82, 2.24) is 0 Å². The molecule has 3 aliphatic heterocycles. The highest BCUT2D eigenvalue weighted by Gasteiger charge is 2.60. The summed E-state index contributed by atoms with van der Waals surface area (Å²) in [4.78, 5) is 24.6. The molecule has 2 saturated carbocycles. The lowest BCUT2D eigenvalue weighted by atomic mass is 9.51. The Morgan fingerprint density at radius 1 is 1.04 bits per heavy atom. The van der Waals surface area contributed by atoms with Gasteiger partial charge in [0.2, 0.25) is 6.29 Å². The summed E-state index contributed by atoms with van der Waals surface area (Å²) < 4.78 is 25.4. The Kier molecular flexibility index (Phi) is 11.9. The van der Waals surface area contributed by atoms with Crippen molar-refractivity contribution in [3.05, 3.63) is 34.9 Å². The molecule has 7 rings (SSSR count). The molecule has 2 aromatic carbocycles. The third kappa shape index (κ3) is 7.17. The quantitative estimate of drug-likeness (QED) is 0.146. The van der Waals surface area contributed by atoms with Gasteiger partial charge in [0.25, 0.3) is 0 Å². The van der Waals surface area contributed by atoms with Gasteiger partial charge in [-0.25, -0.2) is 4.79 Å². The number of hydrogen-bond donors (Lipinski definition) is 6. The third-order valence-corrected chi connectivity index (χ3v) is 15.6. The molecule has 5 aliphatic rings. The number of carboxylic acid groups (broad SMARTS) is 1. The van der Waals surface area contributed by atoms with Crippen LogP contribution in [0.3, 0.4) is 0 Å². The molecule has 9 atom stereocenters. The number of hydrogen-bond acceptors (Lipinski definition) is 13. The molecule has 2 spiro atoms. The Morgan fingerprint density at radius 3 is 2.50 bits per heavy atom. The zero-order valence-corrected chi connectivity index (χ0v) is 32.7. The average Bonchev–Trinajstić information content (AvgIpc) is 3.57. The highest BCUT2D eigenvalue weighted by atomic mass is 33.1. The maximum atomic E-state index is 12.5. The number of phenolic OH excluding ortho intramolecular Hbond substituents is 1. The molecule has 0 radical (unpaired) electrons. The number of ketones is 1. The van der Waals surface area contributed by atoms with E-state index >= 15 is 0 Å². The number of benzene rings is 2. The number of aromatic carboxylic acids is 1. The number of rotatable bonds is 8. The second-order valence-electron chi connectivity index (χ2n) is 16.6. The van der Waals surface area contributed by atoms with E-state index in [1.807, 2.05) is 0 Å². The van der Waals surface area contributed by atoms with Crippen molar-refractivity contribution in [2.24, 2.45) is 28.6 Å². The van der Waals surface area contributed by atoms with Crippen molar-refractivity contribution in [1.29, 1.82) is 0 Å².